The minimum Gasteiger partial charge on any atom is -0.481 e. The number of benzene rings is 1. The highest BCUT2D eigenvalue weighted by atomic mass is 32.2. The maximum atomic E-state index is 14.6. The number of aliphatic carboxylic acids is 1. The molecule has 0 amide bonds. The minimum absolute atomic E-state index is 0.0985. The van der Waals surface area contributed by atoms with Crippen LogP contribution in [0.3, 0.4) is 0 Å². The number of aromatic nitrogens is 3. The fraction of sp³-hybridized carbons (Fsp3) is 0.458. The lowest BCUT2D eigenvalue weighted by atomic mass is 9.89. The van der Waals surface area contributed by atoms with Crippen molar-refractivity contribution in [2.24, 2.45) is 5.41 Å². The predicted octanol–water partition coefficient (Wildman–Crippen LogP) is 5.55. The molecule has 0 spiro atoms. The van der Waals surface area contributed by atoms with Crippen LogP contribution in [0.1, 0.15) is 44.9 Å². The summed E-state index contributed by atoms with van der Waals surface area (Å²) in [6.45, 7) is 7.02. The molecule has 1 aliphatic rings. The van der Waals surface area contributed by atoms with Crippen LogP contribution in [0.15, 0.2) is 35.7 Å². The van der Waals surface area contributed by atoms with Crippen LogP contribution in [0.25, 0.3) is 11.0 Å². The van der Waals surface area contributed by atoms with E-state index in [0.29, 0.717) is 22.1 Å². The summed E-state index contributed by atoms with van der Waals surface area (Å²) in [5.41, 5.74) is 1.75. The molecule has 0 saturated carbocycles. The van der Waals surface area contributed by atoms with Gasteiger partial charge in [0.1, 0.15) is 11.3 Å². The van der Waals surface area contributed by atoms with Crippen molar-refractivity contribution in [1.29, 1.82) is 0 Å². The van der Waals surface area contributed by atoms with Crippen LogP contribution >= 0.6 is 11.8 Å². The molecule has 10 heteroatoms. The van der Waals surface area contributed by atoms with Gasteiger partial charge in [-0.15, -0.1) is 0 Å². The number of alkyl halides is 2. The third-order valence-electron chi connectivity index (χ3n) is 6.21. The Balaban J connectivity index is 1.63. The number of thioether (sulfide) groups is 1. The van der Waals surface area contributed by atoms with Crippen molar-refractivity contribution in [3.8, 4) is 0 Å². The van der Waals surface area contributed by atoms with Crippen molar-refractivity contribution in [3.63, 3.8) is 0 Å². The average molecular weight is 493 g/mol. The Bertz CT molecular complexity index is 1230. The molecule has 1 N–H and O–H groups in total. The molecule has 6 nitrogen and oxygen atoms in total. The van der Waals surface area contributed by atoms with Gasteiger partial charge in [0.05, 0.1) is 30.4 Å². The molecule has 1 saturated heterocycles. The highest BCUT2D eigenvalue weighted by Gasteiger charge is 2.54. The maximum Gasteiger partial charge on any atom is 0.307 e. The Hall–Kier alpha value is -2.75. The molecule has 0 unspecified atom stereocenters. The summed E-state index contributed by atoms with van der Waals surface area (Å²) < 4.78 is 45.1. The van der Waals surface area contributed by atoms with Crippen molar-refractivity contribution < 1.29 is 23.1 Å². The van der Waals surface area contributed by atoms with E-state index in [2.05, 4.69) is 4.98 Å². The van der Waals surface area contributed by atoms with Crippen molar-refractivity contribution in [2.75, 3.05) is 18.0 Å². The highest BCUT2D eigenvalue weighted by molar-refractivity contribution is 7.98. The van der Waals surface area contributed by atoms with Gasteiger partial charge < -0.3 is 14.6 Å². The molecule has 2 aromatic heterocycles. The van der Waals surface area contributed by atoms with Gasteiger partial charge in [0.15, 0.2) is 5.16 Å². The molecule has 0 radical (unpaired) electrons. The normalized spacial score (nSPS) is 17.1. The van der Waals surface area contributed by atoms with Gasteiger partial charge >= 0.3 is 5.97 Å². The van der Waals surface area contributed by atoms with Crippen molar-refractivity contribution in [3.05, 3.63) is 47.5 Å². The summed E-state index contributed by atoms with van der Waals surface area (Å²) in [5.74, 6) is -4.07. The van der Waals surface area contributed by atoms with E-state index >= 15 is 0 Å². The summed E-state index contributed by atoms with van der Waals surface area (Å²) in [6, 6.07) is 4.49. The third kappa shape index (κ3) is 4.60. The largest absolute Gasteiger partial charge is 0.481 e. The first-order valence-corrected chi connectivity index (χ1v) is 12.0. The smallest absolute Gasteiger partial charge is 0.307 e. The molecule has 4 rings (SSSR count). The van der Waals surface area contributed by atoms with Gasteiger partial charge in [0.2, 0.25) is 0 Å². The van der Waals surface area contributed by atoms with E-state index in [1.807, 2.05) is 24.6 Å². The summed E-state index contributed by atoms with van der Waals surface area (Å²) in [7, 11) is 0. The van der Waals surface area contributed by atoms with Gasteiger partial charge in [0.25, 0.3) is 5.92 Å². The second-order valence-electron chi connectivity index (χ2n) is 9.63. The van der Waals surface area contributed by atoms with E-state index in [0.717, 1.165) is 11.1 Å². The molecular weight excluding hydrogens is 465 g/mol. The van der Waals surface area contributed by atoms with Gasteiger partial charge in [-0.2, -0.15) is 0 Å². The van der Waals surface area contributed by atoms with Crippen LogP contribution in [0.4, 0.5) is 18.9 Å². The van der Waals surface area contributed by atoms with E-state index in [4.69, 9.17) is 10.1 Å². The van der Waals surface area contributed by atoms with Crippen LogP contribution in [-0.2, 0) is 17.0 Å². The average Bonchev–Trinajstić information content (AvgIpc) is 3.21. The number of fused-ring (bicyclic) bond motifs is 1. The summed E-state index contributed by atoms with van der Waals surface area (Å²) in [6.07, 6.45) is 3.18. The lowest BCUT2D eigenvalue weighted by Crippen LogP contribution is -2.34. The maximum absolute atomic E-state index is 14.6. The lowest BCUT2D eigenvalue weighted by Gasteiger charge is -2.23. The monoisotopic (exact) mass is 492 g/mol. The quantitative estimate of drug-likeness (QED) is 0.344. The van der Waals surface area contributed by atoms with E-state index < -0.39 is 29.5 Å². The fourth-order valence-electron chi connectivity index (χ4n) is 4.16. The van der Waals surface area contributed by atoms with Gasteiger partial charge in [-0.25, -0.2) is 23.1 Å². The zero-order valence-electron chi connectivity index (χ0n) is 19.5. The van der Waals surface area contributed by atoms with Gasteiger partial charge in [0, 0.05) is 30.0 Å². The molecule has 0 aliphatic carbocycles. The number of anilines is 1. The van der Waals surface area contributed by atoms with Crippen LogP contribution in [0.2, 0.25) is 0 Å². The number of carboxylic acids is 1. The minimum atomic E-state index is -2.82. The lowest BCUT2D eigenvalue weighted by molar-refractivity contribution is -0.136. The summed E-state index contributed by atoms with van der Waals surface area (Å²) in [5, 5.41) is 9.43. The number of carboxylic acid groups (broad SMARTS) is 1. The zero-order valence-corrected chi connectivity index (χ0v) is 20.3. The second-order valence-corrected chi connectivity index (χ2v) is 10.6. The van der Waals surface area contributed by atoms with Crippen molar-refractivity contribution in [2.45, 2.75) is 57.0 Å². The number of rotatable bonds is 7. The number of carbonyl (C=O) groups is 1. The van der Waals surface area contributed by atoms with Crippen LogP contribution < -0.4 is 4.90 Å². The van der Waals surface area contributed by atoms with Gasteiger partial charge in [-0.05, 0) is 31.0 Å². The molecular formula is C24H27F3N4O2S. The van der Waals surface area contributed by atoms with Gasteiger partial charge in [-0.1, -0.05) is 37.7 Å². The Morgan fingerprint density at radius 3 is 2.62 bits per heavy atom. The number of hydrogen-bond acceptors (Lipinski definition) is 5. The Kier molecular flexibility index (Phi) is 6.30. The van der Waals surface area contributed by atoms with Crippen LogP contribution in [0, 0.1) is 11.2 Å². The molecule has 3 aromatic rings. The highest BCUT2D eigenvalue weighted by Crippen LogP contribution is 2.46. The van der Waals surface area contributed by atoms with Crippen LogP contribution in [-0.4, -0.2) is 44.6 Å². The van der Waals surface area contributed by atoms with E-state index in [1.165, 1.54) is 23.9 Å². The Labute approximate surface area is 200 Å². The summed E-state index contributed by atoms with van der Waals surface area (Å²) in [4.78, 5) is 21.8. The van der Waals surface area contributed by atoms with E-state index in [-0.39, 0.29) is 24.7 Å². The number of halogens is 3. The standard InChI is InChI=1S/C24H27F3N4O2S/c1-14(2)31-10-19(30-12-23(3,4)24(26,27)13-30)21-18(31)9-28-22(29-21)34-11-15-5-6-17(25)16(7-15)8-20(32)33/h5-7,9-10,14H,8,11-13H2,1-4H3,(H,32,33). The zero-order chi connectivity index (χ0) is 24.8. The molecule has 1 aromatic carbocycles. The topological polar surface area (TPSA) is 71.2 Å². The van der Waals surface area contributed by atoms with E-state index in [9.17, 15) is 18.0 Å². The molecule has 3 heterocycles. The fourth-order valence-corrected chi connectivity index (χ4v) is 4.92. The molecule has 0 bridgehead atoms. The van der Waals surface area contributed by atoms with Crippen molar-refractivity contribution >= 4 is 34.5 Å². The SMILES string of the molecule is CC(C)n1cc(N2CC(C)(C)C(F)(F)C2)c2nc(SCc3ccc(F)c(CC(=O)O)c3)ncc21. The Morgan fingerprint density at radius 1 is 1.26 bits per heavy atom. The molecule has 182 valence electrons. The molecule has 1 fully saturated rings. The molecule has 34 heavy (non-hydrogen) atoms. The first kappa shape index (κ1) is 24.4. The number of nitrogens with zero attached hydrogens (tertiary/aromatic N) is 4. The van der Waals surface area contributed by atoms with E-state index in [1.54, 1.807) is 31.0 Å². The first-order chi connectivity index (χ1) is 15.9. The predicted molar refractivity (Wildman–Crippen MR) is 126 cm³/mol. The summed E-state index contributed by atoms with van der Waals surface area (Å²) >= 11 is 1.32. The van der Waals surface area contributed by atoms with Crippen LogP contribution in [0.5, 0.6) is 0 Å². The first-order valence-electron chi connectivity index (χ1n) is 11.0. The van der Waals surface area contributed by atoms with Crippen molar-refractivity contribution in [1.82, 2.24) is 14.5 Å². The Morgan fingerprint density at radius 2 is 2.00 bits per heavy atom. The molecule has 0 atom stereocenters. The third-order valence-corrected chi connectivity index (χ3v) is 7.14. The van der Waals surface area contributed by atoms with Gasteiger partial charge in [-0.3, -0.25) is 4.79 Å². The second kappa shape index (κ2) is 8.79. The number of hydrogen-bond donors (Lipinski definition) is 1. The molecule has 1 aliphatic heterocycles.